The van der Waals surface area contributed by atoms with E-state index in [4.69, 9.17) is 22.4 Å². The molecule has 0 aliphatic rings. The fraction of sp³-hybridized carbons (Fsp3) is 0.500. The van der Waals surface area contributed by atoms with Gasteiger partial charge >= 0.3 is 0 Å². The first-order valence-electron chi connectivity index (χ1n) is 3.70. The van der Waals surface area contributed by atoms with Crippen LogP contribution in [0.3, 0.4) is 0 Å². The molecule has 0 amide bonds. The number of anilines is 1. The molecule has 0 spiro atoms. The van der Waals surface area contributed by atoms with Gasteiger partial charge in [0.1, 0.15) is 0 Å². The summed E-state index contributed by atoms with van der Waals surface area (Å²) in [5.41, 5.74) is 5.40. The fourth-order valence-corrected chi connectivity index (χ4v) is 0.795. The van der Waals surface area contributed by atoms with E-state index in [0.717, 1.165) is 0 Å². The zero-order valence-electron chi connectivity index (χ0n) is 6.87. The van der Waals surface area contributed by atoms with Crippen molar-refractivity contribution in [2.24, 2.45) is 0 Å². The van der Waals surface area contributed by atoms with E-state index in [9.17, 15) is 0 Å². The van der Waals surface area contributed by atoms with Crippen LogP contribution >= 0.6 is 11.6 Å². The first-order valence-corrected chi connectivity index (χ1v) is 4.08. The second kappa shape index (κ2) is 4.90. The average molecular weight is 204 g/mol. The molecule has 0 aliphatic heterocycles. The minimum Gasteiger partial charge on any atom is -0.395 e. The summed E-state index contributed by atoms with van der Waals surface area (Å²) in [5, 5.41) is 18.7. The third-order valence-electron chi connectivity index (χ3n) is 1.29. The summed E-state index contributed by atoms with van der Waals surface area (Å²) >= 11 is 5.52. The Morgan fingerprint density at radius 1 is 1.46 bits per heavy atom. The third kappa shape index (κ3) is 3.10. The average Bonchev–Trinajstić information content (AvgIpc) is 2.12. The van der Waals surface area contributed by atoms with E-state index in [1.165, 1.54) is 0 Å². The van der Waals surface area contributed by atoms with E-state index in [0.29, 0.717) is 18.9 Å². The van der Waals surface area contributed by atoms with Crippen molar-refractivity contribution in [1.82, 2.24) is 20.5 Å². The van der Waals surface area contributed by atoms with Gasteiger partial charge in [-0.05, 0) is 0 Å². The number of nitrogens with zero attached hydrogens (tertiary/aromatic N) is 3. The van der Waals surface area contributed by atoms with Crippen LogP contribution in [0, 0.1) is 0 Å². The van der Waals surface area contributed by atoms with Crippen molar-refractivity contribution in [3.05, 3.63) is 11.0 Å². The summed E-state index contributed by atoms with van der Waals surface area (Å²) in [5.74, 6) is 0.618. The second-order valence-corrected chi connectivity index (χ2v) is 2.66. The van der Waals surface area contributed by atoms with Gasteiger partial charge in [0.2, 0.25) is 0 Å². The van der Waals surface area contributed by atoms with Gasteiger partial charge in [-0.1, -0.05) is 11.6 Å². The van der Waals surface area contributed by atoms with Crippen LogP contribution in [0.25, 0.3) is 0 Å². The van der Waals surface area contributed by atoms with Crippen molar-refractivity contribution in [3.8, 4) is 0 Å². The van der Waals surface area contributed by atoms with Crippen molar-refractivity contribution in [1.29, 1.82) is 0 Å². The van der Waals surface area contributed by atoms with Crippen LogP contribution in [0.1, 0.15) is 5.82 Å². The van der Waals surface area contributed by atoms with Crippen LogP contribution in [0.5, 0.6) is 0 Å². The van der Waals surface area contributed by atoms with Crippen molar-refractivity contribution in [2.45, 2.75) is 6.54 Å². The topological polar surface area (TPSA) is 97.0 Å². The van der Waals surface area contributed by atoms with Crippen molar-refractivity contribution >= 4 is 17.4 Å². The number of aromatic nitrogens is 3. The number of nitrogens with two attached hydrogens (primary N) is 1. The molecular formula is C6H10ClN5O. The van der Waals surface area contributed by atoms with Gasteiger partial charge < -0.3 is 16.2 Å². The van der Waals surface area contributed by atoms with Gasteiger partial charge in [-0.15, -0.1) is 10.2 Å². The Hall–Kier alpha value is -0.980. The normalized spacial score (nSPS) is 10.3. The molecule has 1 aromatic rings. The molecular weight excluding hydrogens is 194 g/mol. The Kier molecular flexibility index (Phi) is 3.81. The third-order valence-corrected chi connectivity index (χ3v) is 1.56. The van der Waals surface area contributed by atoms with E-state index in [-0.39, 0.29) is 17.6 Å². The number of rotatable bonds is 4. The standard InChI is InChI=1S/C6H10ClN5O/c7-5-6(8)10-4(11-12-5)3-9-1-2-13/h9,13H,1-3H2,(H2,8,10,11). The Balaban J connectivity index is 2.53. The molecule has 0 unspecified atom stereocenters. The molecule has 0 aliphatic carbocycles. The van der Waals surface area contributed by atoms with Crippen LogP contribution in [-0.2, 0) is 6.54 Å². The summed E-state index contributed by atoms with van der Waals surface area (Å²) in [6.45, 7) is 0.956. The Morgan fingerprint density at radius 2 is 2.23 bits per heavy atom. The van der Waals surface area contributed by atoms with Gasteiger partial charge in [-0.2, -0.15) is 0 Å². The maximum Gasteiger partial charge on any atom is 0.193 e. The van der Waals surface area contributed by atoms with E-state index in [2.05, 4.69) is 20.5 Å². The minimum absolute atomic E-state index is 0.0660. The molecule has 0 fully saturated rings. The van der Waals surface area contributed by atoms with Gasteiger partial charge in [0.05, 0.1) is 13.2 Å². The largest absolute Gasteiger partial charge is 0.395 e. The number of aliphatic hydroxyl groups excluding tert-OH is 1. The van der Waals surface area contributed by atoms with Gasteiger partial charge in [0, 0.05) is 6.54 Å². The number of hydrogen-bond donors (Lipinski definition) is 3. The molecule has 0 bridgehead atoms. The molecule has 0 saturated carbocycles. The van der Waals surface area contributed by atoms with Crippen molar-refractivity contribution < 1.29 is 5.11 Å². The molecule has 0 saturated heterocycles. The van der Waals surface area contributed by atoms with Crippen molar-refractivity contribution in [3.63, 3.8) is 0 Å². The first kappa shape index (κ1) is 10.1. The smallest absolute Gasteiger partial charge is 0.193 e. The lowest BCUT2D eigenvalue weighted by molar-refractivity contribution is 0.291. The molecule has 1 rings (SSSR count). The fourth-order valence-electron chi connectivity index (χ4n) is 0.715. The summed E-state index contributed by atoms with van der Waals surface area (Å²) in [6, 6.07) is 0. The Morgan fingerprint density at radius 3 is 2.85 bits per heavy atom. The van der Waals surface area contributed by atoms with Crippen LogP contribution in [0.2, 0.25) is 5.15 Å². The lowest BCUT2D eigenvalue weighted by Gasteiger charge is -2.01. The predicted octanol–water partition coefficient (Wildman–Crippen LogP) is -0.811. The van der Waals surface area contributed by atoms with Gasteiger partial charge in [-0.25, -0.2) is 4.98 Å². The van der Waals surface area contributed by atoms with Crippen LogP contribution in [0.15, 0.2) is 0 Å². The van der Waals surface area contributed by atoms with Gasteiger partial charge in [0.25, 0.3) is 0 Å². The van der Waals surface area contributed by atoms with Crippen LogP contribution in [-0.4, -0.2) is 33.4 Å². The molecule has 0 radical (unpaired) electrons. The summed E-state index contributed by atoms with van der Waals surface area (Å²) in [7, 11) is 0. The lowest BCUT2D eigenvalue weighted by atomic mass is 10.5. The number of halogens is 1. The summed E-state index contributed by atoms with van der Waals surface area (Å²) in [4.78, 5) is 3.87. The van der Waals surface area contributed by atoms with Crippen LogP contribution < -0.4 is 11.1 Å². The van der Waals surface area contributed by atoms with Gasteiger partial charge in [0.15, 0.2) is 16.8 Å². The molecule has 13 heavy (non-hydrogen) atoms. The molecule has 1 heterocycles. The molecule has 4 N–H and O–H groups in total. The lowest BCUT2D eigenvalue weighted by Crippen LogP contribution is -2.19. The van der Waals surface area contributed by atoms with Gasteiger partial charge in [-0.3, -0.25) is 0 Å². The molecule has 0 aromatic carbocycles. The van der Waals surface area contributed by atoms with Crippen molar-refractivity contribution in [2.75, 3.05) is 18.9 Å². The van der Waals surface area contributed by atoms with E-state index < -0.39 is 0 Å². The highest BCUT2D eigenvalue weighted by atomic mass is 35.5. The molecule has 7 heteroatoms. The number of nitrogen functional groups attached to an aromatic ring is 1. The quantitative estimate of drug-likeness (QED) is 0.554. The summed E-state index contributed by atoms with van der Waals surface area (Å²) < 4.78 is 0. The predicted molar refractivity (Wildman–Crippen MR) is 48.0 cm³/mol. The SMILES string of the molecule is Nc1nc(CNCCO)nnc1Cl. The van der Waals surface area contributed by atoms with E-state index in [1.807, 2.05) is 0 Å². The van der Waals surface area contributed by atoms with Crippen LogP contribution in [0.4, 0.5) is 5.82 Å². The highest BCUT2D eigenvalue weighted by Crippen LogP contribution is 2.09. The number of nitrogens with one attached hydrogen (secondary N) is 1. The zero-order chi connectivity index (χ0) is 9.68. The molecule has 1 aromatic heterocycles. The summed E-state index contributed by atoms with van der Waals surface area (Å²) in [6.07, 6.45) is 0. The molecule has 6 nitrogen and oxygen atoms in total. The minimum atomic E-state index is 0.0660. The monoisotopic (exact) mass is 203 g/mol. The van der Waals surface area contributed by atoms with E-state index in [1.54, 1.807) is 0 Å². The Labute approximate surface area is 80.1 Å². The molecule has 0 atom stereocenters. The maximum atomic E-state index is 8.48. The highest BCUT2D eigenvalue weighted by Gasteiger charge is 2.02. The van der Waals surface area contributed by atoms with E-state index >= 15 is 0 Å². The first-order chi connectivity index (χ1) is 6.24. The maximum absolute atomic E-state index is 8.48. The zero-order valence-corrected chi connectivity index (χ0v) is 7.62. The highest BCUT2D eigenvalue weighted by molar-refractivity contribution is 6.31. The number of aliphatic hydroxyl groups is 1. The molecule has 72 valence electrons. The number of hydrogen-bond acceptors (Lipinski definition) is 6. The Bertz CT molecular complexity index is 282. The second-order valence-electron chi connectivity index (χ2n) is 2.30.